The summed E-state index contributed by atoms with van der Waals surface area (Å²) >= 11 is 6.33. The highest BCUT2D eigenvalue weighted by Crippen LogP contribution is 2.25. The van der Waals surface area contributed by atoms with Gasteiger partial charge in [0.1, 0.15) is 0 Å². The van der Waals surface area contributed by atoms with Crippen molar-refractivity contribution in [2.75, 3.05) is 5.32 Å². The molecule has 27 heavy (non-hydrogen) atoms. The van der Waals surface area contributed by atoms with Gasteiger partial charge in [0, 0.05) is 30.5 Å². The normalized spacial score (nSPS) is 10.9. The fraction of sp³-hybridized carbons (Fsp3) is 0.0526. The van der Waals surface area contributed by atoms with Gasteiger partial charge < -0.3 is 9.88 Å². The van der Waals surface area contributed by atoms with Crippen LogP contribution in [-0.4, -0.2) is 25.2 Å². The maximum atomic E-state index is 12.8. The molecule has 2 heterocycles. The highest BCUT2D eigenvalue weighted by Gasteiger charge is 2.16. The molecule has 0 bridgehead atoms. The Hall–Kier alpha value is -3.45. The molecular weight excluding hydrogens is 366 g/mol. The van der Waals surface area contributed by atoms with Crippen LogP contribution < -0.4 is 10.9 Å². The number of amides is 1. The monoisotopic (exact) mass is 379 g/mol. The second-order valence-electron chi connectivity index (χ2n) is 5.91. The molecule has 0 saturated heterocycles. The Balaban J connectivity index is 1.69. The molecule has 0 aliphatic rings. The molecule has 1 amide bonds. The summed E-state index contributed by atoms with van der Waals surface area (Å²) in [5, 5.41) is 8.31. The molecule has 8 heteroatoms. The summed E-state index contributed by atoms with van der Waals surface area (Å²) in [4.78, 5) is 29.0. The van der Waals surface area contributed by atoms with Crippen LogP contribution in [-0.2, 0) is 7.05 Å². The van der Waals surface area contributed by atoms with Crippen molar-refractivity contribution in [3.05, 3.63) is 82.3 Å². The third-order valence-electron chi connectivity index (χ3n) is 4.16. The highest BCUT2D eigenvalue weighted by molar-refractivity contribution is 6.32. The van der Waals surface area contributed by atoms with E-state index in [1.807, 2.05) is 0 Å². The van der Waals surface area contributed by atoms with Gasteiger partial charge in [-0.05, 0) is 24.3 Å². The number of fused-ring (bicyclic) bond motifs is 1. The zero-order valence-electron chi connectivity index (χ0n) is 14.3. The standard InChI is InChI=1S/C19H14ClN5O2/c1-24-19(27)14-5-3-2-4-13(14)17(23-24)18(26)22-12-6-7-16(15(20)10-12)25-9-8-21-11-25/h2-11H,1H3,(H,22,26). The molecule has 0 aliphatic heterocycles. The predicted molar refractivity (Wildman–Crippen MR) is 104 cm³/mol. The number of imidazole rings is 1. The number of benzene rings is 2. The number of anilines is 1. The van der Waals surface area contributed by atoms with Crippen molar-refractivity contribution in [2.45, 2.75) is 0 Å². The summed E-state index contributed by atoms with van der Waals surface area (Å²) in [7, 11) is 1.52. The Kier molecular flexibility index (Phi) is 4.21. The SMILES string of the molecule is Cn1nc(C(=O)Nc2ccc(-n3ccnc3)c(Cl)c2)c2ccccc2c1=O. The summed E-state index contributed by atoms with van der Waals surface area (Å²) in [5.74, 6) is -0.423. The van der Waals surface area contributed by atoms with E-state index >= 15 is 0 Å². The number of aryl methyl sites for hydroxylation is 1. The van der Waals surface area contributed by atoms with E-state index in [1.54, 1.807) is 65.8 Å². The van der Waals surface area contributed by atoms with Crippen LogP contribution in [0.2, 0.25) is 5.02 Å². The first-order valence-electron chi connectivity index (χ1n) is 8.10. The number of rotatable bonds is 3. The maximum absolute atomic E-state index is 12.8. The summed E-state index contributed by atoms with van der Waals surface area (Å²) in [6.07, 6.45) is 5.07. The van der Waals surface area contributed by atoms with Gasteiger partial charge in [0.15, 0.2) is 5.69 Å². The fourth-order valence-electron chi connectivity index (χ4n) is 2.85. The van der Waals surface area contributed by atoms with E-state index in [0.717, 1.165) is 10.4 Å². The smallest absolute Gasteiger partial charge is 0.276 e. The van der Waals surface area contributed by atoms with Crippen LogP contribution in [0.3, 0.4) is 0 Å². The zero-order valence-corrected chi connectivity index (χ0v) is 15.0. The molecule has 4 aromatic rings. The Morgan fingerprint density at radius 1 is 1.15 bits per heavy atom. The lowest BCUT2D eigenvalue weighted by Gasteiger charge is -2.11. The Bertz CT molecular complexity index is 1210. The minimum absolute atomic E-state index is 0.169. The van der Waals surface area contributed by atoms with Crippen LogP contribution in [0.4, 0.5) is 5.69 Å². The first-order valence-corrected chi connectivity index (χ1v) is 8.47. The summed E-state index contributed by atoms with van der Waals surface area (Å²) in [6.45, 7) is 0. The number of carbonyl (C=O) groups is 1. The molecule has 0 saturated carbocycles. The lowest BCUT2D eigenvalue weighted by atomic mass is 10.1. The van der Waals surface area contributed by atoms with Crippen molar-refractivity contribution in [1.29, 1.82) is 0 Å². The van der Waals surface area contributed by atoms with Crippen molar-refractivity contribution >= 4 is 34.0 Å². The van der Waals surface area contributed by atoms with E-state index in [9.17, 15) is 9.59 Å². The van der Waals surface area contributed by atoms with Crippen LogP contribution >= 0.6 is 11.6 Å². The number of aromatic nitrogens is 4. The van der Waals surface area contributed by atoms with Gasteiger partial charge in [0.05, 0.1) is 22.4 Å². The van der Waals surface area contributed by atoms with Crippen LogP contribution in [0.5, 0.6) is 0 Å². The molecular formula is C19H14ClN5O2. The Morgan fingerprint density at radius 3 is 2.63 bits per heavy atom. The van der Waals surface area contributed by atoms with Crippen LogP contribution in [0.1, 0.15) is 10.5 Å². The number of carbonyl (C=O) groups excluding carboxylic acids is 1. The van der Waals surface area contributed by atoms with Gasteiger partial charge in [-0.3, -0.25) is 9.59 Å². The number of nitrogens with zero attached hydrogens (tertiary/aromatic N) is 4. The Labute approximate surface area is 158 Å². The summed E-state index contributed by atoms with van der Waals surface area (Å²) in [5.41, 5.74) is 1.18. The molecule has 4 rings (SSSR count). The molecule has 7 nitrogen and oxygen atoms in total. The largest absolute Gasteiger partial charge is 0.321 e. The van der Waals surface area contributed by atoms with E-state index in [4.69, 9.17) is 11.6 Å². The number of hydrogen-bond donors (Lipinski definition) is 1. The van der Waals surface area contributed by atoms with Gasteiger partial charge in [-0.1, -0.05) is 29.8 Å². The first-order chi connectivity index (χ1) is 13.0. The van der Waals surface area contributed by atoms with Crippen LogP contribution in [0.15, 0.2) is 66.0 Å². The second kappa shape index (κ2) is 6.69. The van der Waals surface area contributed by atoms with Gasteiger partial charge in [-0.25, -0.2) is 9.67 Å². The number of nitrogens with one attached hydrogen (secondary N) is 1. The molecule has 0 fully saturated rings. The molecule has 0 atom stereocenters. The highest BCUT2D eigenvalue weighted by atomic mass is 35.5. The molecule has 2 aromatic heterocycles. The van der Waals surface area contributed by atoms with E-state index in [0.29, 0.717) is 21.5 Å². The van der Waals surface area contributed by atoms with Gasteiger partial charge in [-0.2, -0.15) is 5.10 Å². The molecule has 0 aliphatic carbocycles. The molecule has 0 spiro atoms. The average Bonchev–Trinajstić information content (AvgIpc) is 3.19. The second-order valence-corrected chi connectivity index (χ2v) is 6.32. The van der Waals surface area contributed by atoms with Gasteiger partial charge in [0.25, 0.3) is 11.5 Å². The van der Waals surface area contributed by atoms with Crippen LogP contribution in [0, 0.1) is 0 Å². The van der Waals surface area contributed by atoms with Crippen molar-refractivity contribution in [2.24, 2.45) is 7.05 Å². The van der Waals surface area contributed by atoms with E-state index in [2.05, 4.69) is 15.4 Å². The quantitative estimate of drug-likeness (QED) is 0.593. The lowest BCUT2D eigenvalue weighted by molar-refractivity contribution is 0.102. The van der Waals surface area contributed by atoms with E-state index < -0.39 is 5.91 Å². The van der Waals surface area contributed by atoms with Crippen molar-refractivity contribution in [3.8, 4) is 5.69 Å². The van der Waals surface area contributed by atoms with Crippen molar-refractivity contribution in [1.82, 2.24) is 19.3 Å². The molecule has 134 valence electrons. The minimum Gasteiger partial charge on any atom is -0.321 e. The van der Waals surface area contributed by atoms with Gasteiger partial charge in [0.2, 0.25) is 0 Å². The average molecular weight is 380 g/mol. The molecule has 2 aromatic carbocycles. The summed E-state index contributed by atoms with van der Waals surface area (Å²) < 4.78 is 2.93. The maximum Gasteiger partial charge on any atom is 0.276 e. The van der Waals surface area contributed by atoms with Gasteiger partial charge >= 0.3 is 0 Å². The van der Waals surface area contributed by atoms with Crippen LogP contribution in [0.25, 0.3) is 16.5 Å². The van der Waals surface area contributed by atoms with Gasteiger partial charge in [-0.15, -0.1) is 0 Å². The third-order valence-corrected chi connectivity index (χ3v) is 4.46. The third kappa shape index (κ3) is 3.09. The molecule has 0 unspecified atom stereocenters. The zero-order chi connectivity index (χ0) is 19.0. The molecule has 1 N–H and O–H groups in total. The van der Waals surface area contributed by atoms with E-state index in [1.165, 1.54) is 7.05 Å². The number of hydrogen-bond acceptors (Lipinski definition) is 4. The fourth-order valence-corrected chi connectivity index (χ4v) is 3.13. The topological polar surface area (TPSA) is 81.8 Å². The minimum atomic E-state index is -0.423. The summed E-state index contributed by atoms with van der Waals surface area (Å²) in [6, 6.07) is 12.1. The van der Waals surface area contributed by atoms with E-state index in [-0.39, 0.29) is 11.3 Å². The number of halogens is 1. The van der Waals surface area contributed by atoms with Crippen molar-refractivity contribution in [3.63, 3.8) is 0 Å². The Morgan fingerprint density at radius 2 is 1.93 bits per heavy atom. The predicted octanol–water partition coefficient (Wildman–Crippen LogP) is 3.02. The van der Waals surface area contributed by atoms with Crippen molar-refractivity contribution < 1.29 is 4.79 Å². The lowest BCUT2D eigenvalue weighted by Crippen LogP contribution is -2.25. The first kappa shape index (κ1) is 17.0. The molecule has 0 radical (unpaired) electrons.